The van der Waals surface area contributed by atoms with Crippen LogP contribution in [0.1, 0.15) is 10.4 Å². The molecular formula is C13H20N4O3. The summed E-state index contributed by atoms with van der Waals surface area (Å²) in [6.07, 6.45) is 0. The lowest BCUT2D eigenvalue weighted by Crippen LogP contribution is -2.32. The molecule has 5 N–H and O–H groups in total. The van der Waals surface area contributed by atoms with Gasteiger partial charge >= 0.3 is 0 Å². The molecule has 0 saturated heterocycles. The summed E-state index contributed by atoms with van der Waals surface area (Å²) in [5.41, 5.74) is 7.29. The smallest absolute Gasteiger partial charge is 0.251 e. The van der Waals surface area contributed by atoms with Crippen LogP contribution in [0.3, 0.4) is 0 Å². The number of carbonyl (C=O) groups excluding carboxylic acids is 2. The first kappa shape index (κ1) is 15.8. The Bertz CT molecular complexity index is 477. The summed E-state index contributed by atoms with van der Waals surface area (Å²) < 4.78 is 4.83. The minimum Gasteiger partial charge on any atom is -0.397 e. The molecule has 7 nitrogen and oxygen atoms in total. The van der Waals surface area contributed by atoms with Gasteiger partial charge < -0.3 is 26.4 Å². The number of nitrogens with one attached hydrogen (secondary N) is 3. The molecule has 0 aliphatic heterocycles. The van der Waals surface area contributed by atoms with Crippen molar-refractivity contribution in [1.29, 1.82) is 0 Å². The number of anilines is 2. The number of nitrogen functional groups attached to an aromatic ring is 1. The van der Waals surface area contributed by atoms with Gasteiger partial charge in [0.05, 0.1) is 24.5 Å². The van der Waals surface area contributed by atoms with E-state index in [-0.39, 0.29) is 18.4 Å². The third-order valence-corrected chi connectivity index (χ3v) is 2.61. The van der Waals surface area contributed by atoms with Crippen molar-refractivity contribution in [1.82, 2.24) is 10.6 Å². The first-order chi connectivity index (χ1) is 9.58. The maximum Gasteiger partial charge on any atom is 0.251 e. The predicted molar refractivity (Wildman–Crippen MR) is 77.6 cm³/mol. The van der Waals surface area contributed by atoms with E-state index < -0.39 is 0 Å². The van der Waals surface area contributed by atoms with Crippen LogP contribution < -0.4 is 21.7 Å². The van der Waals surface area contributed by atoms with Gasteiger partial charge in [0.1, 0.15) is 0 Å². The van der Waals surface area contributed by atoms with E-state index >= 15 is 0 Å². The van der Waals surface area contributed by atoms with Gasteiger partial charge in [-0.2, -0.15) is 0 Å². The summed E-state index contributed by atoms with van der Waals surface area (Å²) >= 11 is 0. The highest BCUT2D eigenvalue weighted by Crippen LogP contribution is 2.19. The lowest BCUT2D eigenvalue weighted by Gasteiger charge is -2.11. The fourth-order valence-electron chi connectivity index (χ4n) is 1.53. The van der Waals surface area contributed by atoms with Crippen LogP contribution in [0.4, 0.5) is 11.4 Å². The summed E-state index contributed by atoms with van der Waals surface area (Å²) in [7, 11) is 3.12. The minimum atomic E-state index is -0.211. The van der Waals surface area contributed by atoms with Crippen LogP contribution in [0.15, 0.2) is 18.2 Å². The molecule has 0 heterocycles. The quantitative estimate of drug-likeness (QED) is 0.409. The highest BCUT2D eigenvalue weighted by molar-refractivity contribution is 5.96. The van der Waals surface area contributed by atoms with Crippen molar-refractivity contribution < 1.29 is 14.3 Å². The fourth-order valence-corrected chi connectivity index (χ4v) is 1.53. The van der Waals surface area contributed by atoms with E-state index in [1.807, 2.05) is 0 Å². The molecule has 0 saturated carbocycles. The first-order valence-electron chi connectivity index (χ1n) is 6.19. The Balaban J connectivity index is 2.58. The van der Waals surface area contributed by atoms with Crippen LogP contribution in [0.5, 0.6) is 0 Å². The lowest BCUT2D eigenvalue weighted by molar-refractivity contribution is -0.119. The molecular weight excluding hydrogens is 260 g/mol. The molecule has 0 aromatic heterocycles. The monoisotopic (exact) mass is 280 g/mol. The van der Waals surface area contributed by atoms with Crippen molar-refractivity contribution in [3.8, 4) is 0 Å². The topological polar surface area (TPSA) is 105 Å². The van der Waals surface area contributed by atoms with Crippen LogP contribution in [-0.4, -0.2) is 45.7 Å². The number of rotatable bonds is 7. The maximum absolute atomic E-state index is 11.5. The Hall–Kier alpha value is -2.28. The Morgan fingerprint density at radius 1 is 1.35 bits per heavy atom. The summed E-state index contributed by atoms with van der Waals surface area (Å²) in [5.74, 6) is -0.385. The number of carbonyl (C=O) groups is 2. The highest BCUT2D eigenvalue weighted by atomic mass is 16.5. The molecule has 0 atom stereocenters. The molecule has 0 fully saturated rings. The summed E-state index contributed by atoms with van der Waals surface area (Å²) in [6, 6.07) is 4.85. The number of hydrogen-bond donors (Lipinski definition) is 4. The summed E-state index contributed by atoms with van der Waals surface area (Å²) in [5, 5.41) is 8.10. The number of amides is 2. The van der Waals surface area contributed by atoms with Gasteiger partial charge in [-0.05, 0) is 18.2 Å². The van der Waals surface area contributed by atoms with Crippen LogP contribution in [-0.2, 0) is 9.53 Å². The number of nitrogens with two attached hydrogens (primary N) is 1. The molecule has 1 aromatic carbocycles. The molecule has 0 spiro atoms. The predicted octanol–water partition coefficient (Wildman–Crippen LogP) is -0.197. The Morgan fingerprint density at radius 2 is 2.10 bits per heavy atom. The van der Waals surface area contributed by atoms with Gasteiger partial charge in [-0.3, -0.25) is 9.59 Å². The van der Waals surface area contributed by atoms with E-state index in [1.165, 1.54) is 0 Å². The molecule has 0 aliphatic carbocycles. The second-order valence-corrected chi connectivity index (χ2v) is 4.08. The molecule has 0 bridgehead atoms. The van der Waals surface area contributed by atoms with E-state index in [4.69, 9.17) is 10.5 Å². The zero-order valence-corrected chi connectivity index (χ0v) is 11.7. The third-order valence-electron chi connectivity index (χ3n) is 2.61. The second kappa shape index (κ2) is 8.00. The maximum atomic E-state index is 11.5. The van der Waals surface area contributed by atoms with Crippen molar-refractivity contribution in [2.75, 3.05) is 44.9 Å². The molecule has 2 amide bonds. The van der Waals surface area contributed by atoms with Crippen LogP contribution in [0.2, 0.25) is 0 Å². The molecule has 0 aliphatic rings. The van der Waals surface area contributed by atoms with E-state index in [9.17, 15) is 9.59 Å². The van der Waals surface area contributed by atoms with Gasteiger partial charge in [-0.25, -0.2) is 0 Å². The van der Waals surface area contributed by atoms with Crippen molar-refractivity contribution >= 4 is 23.2 Å². The zero-order valence-electron chi connectivity index (χ0n) is 11.7. The Labute approximate surface area is 117 Å². The first-order valence-corrected chi connectivity index (χ1v) is 6.19. The van der Waals surface area contributed by atoms with Crippen molar-refractivity contribution in [2.24, 2.45) is 0 Å². The zero-order chi connectivity index (χ0) is 15.0. The van der Waals surface area contributed by atoms with E-state index in [1.54, 1.807) is 32.4 Å². The van der Waals surface area contributed by atoms with E-state index in [0.717, 1.165) is 0 Å². The van der Waals surface area contributed by atoms with Crippen molar-refractivity contribution in [3.05, 3.63) is 23.8 Å². The largest absolute Gasteiger partial charge is 0.397 e. The molecule has 20 heavy (non-hydrogen) atoms. The average Bonchev–Trinajstić information content (AvgIpc) is 2.46. The normalized spacial score (nSPS) is 9.90. The number of hydrogen-bond acceptors (Lipinski definition) is 5. The van der Waals surface area contributed by atoms with Gasteiger partial charge in [-0.1, -0.05) is 0 Å². The van der Waals surface area contributed by atoms with Gasteiger partial charge in [0, 0.05) is 26.3 Å². The number of ether oxygens (including phenoxy) is 1. The fraction of sp³-hybridized carbons (Fsp3) is 0.385. The minimum absolute atomic E-state index is 0.0745. The van der Waals surface area contributed by atoms with Crippen molar-refractivity contribution in [3.63, 3.8) is 0 Å². The lowest BCUT2D eigenvalue weighted by atomic mass is 10.1. The van der Waals surface area contributed by atoms with Crippen molar-refractivity contribution in [2.45, 2.75) is 0 Å². The van der Waals surface area contributed by atoms with Crippen LogP contribution in [0.25, 0.3) is 0 Å². The van der Waals surface area contributed by atoms with Crippen LogP contribution >= 0.6 is 0 Å². The van der Waals surface area contributed by atoms with Crippen LogP contribution in [0, 0.1) is 0 Å². The summed E-state index contributed by atoms with van der Waals surface area (Å²) in [6.45, 7) is 0.982. The molecule has 1 rings (SSSR count). The van der Waals surface area contributed by atoms with E-state index in [2.05, 4.69) is 16.0 Å². The average molecular weight is 280 g/mol. The third kappa shape index (κ3) is 4.77. The van der Waals surface area contributed by atoms with Gasteiger partial charge in [-0.15, -0.1) is 0 Å². The molecule has 0 unspecified atom stereocenters. The SMILES string of the molecule is CNC(=O)c1ccc(N)c(NCC(=O)NCCOC)c1. The second-order valence-electron chi connectivity index (χ2n) is 4.08. The van der Waals surface area contributed by atoms with Gasteiger partial charge in [0.25, 0.3) is 5.91 Å². The molecule has 7 heteroatoms. The molecule has 0 radical (unpaired) electrons. The number of methoxy groups -OCH3 is 1. The standard InChI is InChI=1S/C13H20N4O3/c1-15-13(19)9-3-4-10(14)11(7-9)17-8-12(18)16-5-6-20-2/h3-4,7,17H,5-6,8,14H2,1-2H3,(H,15,19)(H,16,18). The Kier molecular flexibility index (Phi) is 6.31. The molecule has 1 aromatic rings. The Morgan fingerprint density at radius 3 is 2.75 bits per heavy atom. The highest BCUT2D eigenvalue weighted by Gasteiger charge is 2.08. The summed E-state index contributed by atoms with van der Waals surface area (Å²) in [4.78, 5) is 23.0. The van der Waals surface area contributed by atoms with Gasteiger partial charge in [0.2, 0.25) is 5.91 Å². The number of benzene rings is 1. The van der Waals surface area contributed by atoms with Gasteiger partial charge in [0.15, 0.2) is 0 Å². The molecule has 110 valence electrons. The van der Waals surface area contributed by atoms with E-state index in [0.29, 0.717) is 30.1 Å².